The number of nitrogens with zero attached hydrogens (tertiary/aromatic N) is 3. The van der Waals surface area contributed by atoms with E-state index >= 15 is 0 Å². The Morgan fingerprint density at radius 1 is 0.769 bits per heavy atom. The topological polar surface area (TPSA) is 448 Å². The van der Waals surface area contributed by atoms with Crippen molar-refractivity contribution in [1.82, 2.24) is 57.2 Å². The van der Waals surface area contributed by atoms with Crippen LogP contribution in [0, 0.1) is 0 Å². The zero-order chi connectivity index (χ0) is 60.1. The lowest BCUT2D eigenvalue weighted by molar-refractivity contribution is -0.144. The lowest BCUT2D eigenvalue weighted by atomic mass is 10.1. The number of aliphatic carboxylic acids is 3. The Labute approximate surface area is 457 Å². The number of hydrogen-bond acceptors (Lipinski definition) is 19. The molecular formula is C49H79N13O15S. The maximum Gasteiger partial charge on any atom is 0.326 e. The summed E-state index contributed by atoms with van der Waals surface area (Å²) in [7, 11) is 0. The van der Waals surface area contributed by atoms with Crippen molar-refractivity contribution in [3.63, 3.8) is 0 Å². The summed E-state index contributed by atoms with van der Waals surface area (Å²) in [5.41, 5.74) is 12.1. The molecule has 4 unspecified atom stereocenters. The summed E-state index contributed by atoms with van der Waals surface area (Å²) >= 11 is 1.67. The van der Waals surface area contributed by atoms with Crippen LogP contribution in [0.4, 0.5) is 5.95 Å². The monoisotopic (exact) mass is 1120 g/mol. The largest absolute Gasteiger partial charge is 0.481 e. The normalized spacial score (nSPS) is 13.2. The minimum absolute atomic E-state index is 0.0201. The van der Waals surface area contributed by atoms with E-state index in [2.05, 4.69) is 61.9 Å². The molecule has 78 heavy (non-hydrogen) atoms. The van der Waals surface area contributed by atoms with Gasteiger partial charge < -0.3 is 68.7 Å². The van der Waals surface area contributed by atoms with Crippen LogP contribution in [-0.4, -0.2) is 156 Å². The summed E-state index contributed by atoms with van der Waals surface area (Å²) in [6.07, 6.45) is 7.67. The number of rotatable bonds is 30. The third-order valence-corrected chi connectivity index (χ3v) is 10.5. The molecule has 0 radical (unpaired) electrons. The summed E-state index contributed by atoms with van der Waals surface area (Å²) < 4.78 is 4.62. The van der Waals surface area contributed by atoms with Crippen molar-refractivity contribution in [2.24, 2.45) is 5.73 Å². The molecule has 0 saturated heterocycles. The number of carbonyl (C=O) groups excluding carboxylic acids is 7. The molecule has 6 amide bonds. The van der Waals surface area contributed by atoms with Gasteiger partial charge >= 0.3 is 23.9 Å². The van der Waals surface area contributed by atoms with E-state index in [-0.39, 0.29) is 60.9 Å². The predicted molar refractivity (Wildman–Crippen MR) is 292 cm³/mol. The minimum Gasteiger partial charge on any atom is -0.481 e. The number of carboxylic acid groups (broad SMARTS) is 3. The average molecular weight is 1120 g/mol. The number of hydrogen-bond donors (Lipinski definition) is 13. The number of nitrogens with one attached hydrogen (secondary N) is 8. The van der Waals surface area contributed by atoms with E-state index in [4.69, 9.17) is 11.5 Å². The molecule has 2 aromatic rings. The highest BCUT2D eigenvalue weighted by Gasteiger charge is 2.34. The third kappa shape index (κ3) is 29.4. The van der Waals surface area contributed by atoms with Gasteiger partial charge in [0.05, 0.1) is 31.3 Å². The van der Waals surface area contributed by atoms with Gasteiger partial charge in [0.2, 0.25) is 35.5 Å². The lowest BCUT2D eigenvalue weighted by Crippen LogP contribution is -2.60. The molecule has 0 aliphatic rings. The quantitative estimate of drug-likeness (QED) is 0.0216. The number of carboxylic acids is 3. The fourth-order valence-corrected chi connectivity index (χ4v) is 6.24. The number of anilines is 1. The van der Waals surface area contributed by atoms with Gasteiger partial charge in [0.25, 0.3) is 11.5 Å². The predicted octanol–water partition coefficient (Wildman–Crippen LogP) is 0.278. The number of amides is 6. The molecule has 0 aliphatic heterocycles. The highest BCUT2D eigenvalue weighted by Crippen LogP contribution is 2.08. The van der Waals surface area contributed by atoms with Gasteiger partial charge in [-0.05, 0) is 58.4 Å². The van der Waals surface area contributed by atoms with Crippen LogP contribution in [0.3, 0.4) is 0 Å². The molecule has 0 bridgehead atoms. The number of allylic oxidation sites excluding steroid dienone is 4. The van der Waals surface area contributed by atoms with Crippen LogP contribution in [-0.2, 0) is 59.2 Å². The number of carbonyl (C=O) groups is 10. The van der Waals surface area contributed by atoms with Crippen molar-refractivity contribution >= 4 is 88.2 Å². The first-order valence-electron chi connectivity index (χ1n) is 25.0. The second-order valence-electron chi connectivity index (χ2n) is 16.0. The first-order valence-corrected chi connectivity index (χ1v) is 26.4. The highest BCUT2D eigenvalue weighted by molar-refractivity contribution is 7.98. The number of fused-ring (bicyclic) bond motifs is 1. The van der Waals surface area contributed by atoms with Crippen LogP contribution >= 0.6 is 11.8 Å². The van der Waals surface area contributed by atoms with Crippen molar-refractivity contribution in [3.8, 4) is 0 Å². The molecule has 0 spiro atoms. The fourth-order valence-electron chi connectivity index (χ4n) is 5.99. The number of nitrogens with two attached hydrogens (primary N) is 2. The number of nitrogen functional groups attached to an aromatic ring is 1. The molecule has 29 heteroatoms. The lowest BCUT2D eigenvalue weighted by Gasteiger charge is -2.25. The summed E-state index contributed by atoms with van der Waals surface area (Å²) in [6, 6.07) is -8.52. The molecule has 0 saturated carbocycles. The van der Waals surface area contributed by atoms with Gasteiger partial charge in [0, 0.05) is 43.0 Å². The van der Waals surface area contributed by atoms with E-state index in [0.717, 1.165) is 5.75 Å². The summed E-state index contributed by atoms with van der Waals surface area (Å²) in [6.45, 7) is 17.7. The van der Waals surface area contributed by atoms with E-state index in [1.165, 1.54) is 27.0 Å². The van der Waals surface area contributed by atoms with Crippen LogP contribution in [0.15, 0.2) is 46.6 Å². The molecule has 0 aromatic carbocycles. The van der Waals surface area contributed by atoms with Gasteiger partial charge in [0.1, 0.15) is 36.8 Å². The standard InChI is InChI=1S/C40H57N13O13.C5H10O2S.2C2H6/c1-6-9-21(12-10-19(4)43-17-22-18-44-32-31(46-22)38(64)53-40(42)52-32)33(59)45-20(5)11-13-28(54)47-23(7-2)34(60)49-25(14-29(55)56)35(61)50-26(15-30(57)58)36(62)51-27(16-41)37(63)48-24(8-3)39(65)66;1-5(6)7-3-4-8-2;2*1-2/h6,9-10,12,18,20,23-27,43H,7-8,11,13-17,41H2,1-5H3,(H,45,59)(H,47,54)(H,48,63)(H,49,60)(H,50,61)(H,51,62)(H,55,56)(H,57,58)(H,65,66)(H3,42,44,52,53,64);3-4H2,1-2H3;2*1-2H3/b9-6-,19-10+,21-12+;;;/t20?,23?,24?,25-,26?,27-;;;/m0.../s1. The van der Waals surface area contributed by atoms with E-state index in [1.807, 2.05) is 34.0 Å². The minimum atomic E-state index is -1.92. The van der Waals surface area contributed by atoms with Gasteiger partial charge in [0.15, 0.2) is 11.2 Å². The number of esters is 1. The average Bonchev–Trinajstić information content (AvgIpc) is 3.38. The van der Waals surface area contributed by atoms with Crippen molar-refractivity contribution in [3.05, 3.63) is 57.8 Å². The van der Waals surface area contributed by atoms with Crippen LogP contribution in [0.25, 0.3) is 11.2 Å². The van der Waals surface area contributed by atoms with Gasteiger partial charge in [-0.2, -0.15) is 16.7 Å². The molecule has 2 heterocycles. The Morgan fingerprint density at radius 2 is 1.29 bits per heavy atom. The van der Waals surface area contributed by atoms with Crippen molar-refractivity contribution in [1.29, 1.82) is 0 Å². The molecule has 436 valence electrons. The van der Waals surface area contributed by atoms with Gasteiger partial charge in [-0.25, -0.2) is 14.8 Å². The second-order valence-corrected chi connectivity index (χ2v) is 17.0. The first kappa shape index (κ1) is 72.1. The Morgan fingerprint density at radius 3 is 1.78 bits per heavy atom. The maximum absolute atomic E-state index is 13.3. The Balaban J connectivity index is 0. The molecule has 2 aromatic heterocycles. The molecule has 0 aliphatic carbocycles. The fraction of sp³-hybridized carbons (Fsp3) is 0.551. The van der Waals surface area contributed by atoms with E-state index in [0.29, 0.717) is 18.0 Å². The van der Waals surface area contributed by atoms with Crippen molar-refractivity contribution in [2.75, 3.05) is 30.9 Å². The molecule has 28 nitrogen and oxygen atoms in total. The molecule has 15 N–H and O–H groups in total. The van der Waals surface area contributed by atoms with E-state index in [9.17, 15) is 68.1 Å². The summed E-state index contributed by atoms with van der Waals surface area (Å²) in [4.78, 5) is 150. The van der Waals surface area contributed by atoms with Gasteiger partial charge in [-0.1, -0.05) is 53.7 Å². The van der Waals surface area contributed by atoms with Crippen molar-refractivity contribution in [2.45, 2.75) is 151 Å². The molecule has 2 rings (SSSR count). The van der Waals surface area contributed by atoms with Crippen molar-refractivity contribution < 1.29 is 68.0 Å². The second kappa shape index (κ2) is 40.3. The smallest absolute Gasteiger partial charge is 0.326 e. The number of aromatic amines is 1. The maximum atomic E-state index is 13.3. The first-order chi connectivity index (χ1) is 36.9. The summed E-state index contributed by atoms with van der Waals surface area (Å²) in [5.74, 6) is -9.54. The zero-order valence-corrected chi connectivity index (χ0v) is 46.9. The number of H-pyrrole nitrogens is 1. The number of aromatic nitrogens is 4. The Kier molecular flexibility index (Phi) is 37.3. The highest BCUT2D eigenvalue weighted by atomic mass is 32.2. The molecule has 0 fully saturated rings. The third-order valence-electron chi connectivity index (χ3n) is 9.91. The number of thioether (sulfide) groups is 1. The van der Waals surface area contributed by atoms with Gasteiger partial charge in [-0.3, -0.25) is 52.9 Å². The van der Waals surface area contributed by atoms with Crippen LogP contribution in [0.5, 0.6) is 0 Å². The Bertz CT molecular complexity index is 2470. The molecule has 6 atom stereocenters. The van der Waals surface area contributed by atoms with Crippen LogP contribution < -0.4 is 54.2 Å². The van der Waals surface area contributed by atoms with E-state index in [1.54, 1.807) is 56.8 Å². The molecular weight excluding hydrogens is 1040 g/mol. The van der Waals surface area contributed by atoms with Crippen LogP contribution in [0.2, 0.25) is 0 Å². The Hall–Kier alpha value is -7.95. The van der Waals surface area contributed by atoms with E-state index < -0.39 is 115 Å². The van der Waals surface area contributed by atoms with Gasteiger partial charge in [-0.15, -0.1) is 0 Å². The zero-order valence-electron chi connectivity index (χ0n) is 46.1. The SMILES string of the molecule is CC.CC.CSCCOC(C)=O.C\C=C/C(=C\C=C(/C)NCc1cnc2nc(N)[nH]c(=O)c2n1)C(=O)NC(C)CCC(=O)NC(CC)C(=O)N[C@@H](CC(=O)O)C(=O)NC(CC(=O)O)C(=O)N[C@@H](CN)C(=O)NC(CC)C(=O)O. The van der Waals surface area contributed by atoms with Crippen LogP contribution in [0.1, 0.15) is 113 Å². The summed E-state index contributed by atoms with van der Waals surface area (Å²) in [5, 5.41) is 45.1. The number of ether oxygens (including phenoxy) is 1.